The summed E-state index contributed by atoms with van der Waals surface area (Å²) in [5.74, 6) is -0.771. The van der Waals surface area contributed by atoms with Crippen LogP contribution in [0.1, 0.15) is 11.8 Å². The lowest BCUT2D eigenvalue weighted by Gasteiger charge is -2.27. The maximum Gasteiger partial charge on any atom is 0.265 e. The lowest BCUT2D eigenvalue weighted by Crippen LogP contribution is -2.53. The van der Waals surface area contributed by atoms with Crippen molar-refractivity contribution in [2.45, 2.75) is 6.92 Å². The van der Waals surface area contributed by atoms with Gasteiger partial charge in [0.05, 0.1) is 0 Å². The molecular formula is C11H10N2O2S2. The molecule has 88 valence electrons. The van der Waals surface area contributed by atoms with E-state index in [4.69, 9.17) is 12.2 Å². The van der Waals surface area contributed by atoms with Crippen molar-refractivity contribution in [2.24, 2.45) is 0 Å². The van der Waals surface area contributed by atoms with Crippen molar-refractivity contribution in [2.75, 3.05) is 6.54 Å². The number of carbonyl (C=O) groups is 2. The highest BCUT2D eigenvalue weighted by Crippen LogP contribution is 2.17. The van der Waals surface area contributed by atoms with Crippen LogP contribution in [0.15, 0.2) is 23.1 Å². The van der Waals surface area contributed by atoms with Gasteiger partial charge in [-0.1, -0.05) is 6.07 Å². The number of likely N-dealkylation sites (N-methyl/N-ethyl adjacent to an activating group) is 1. The third kappa shape index (κ3) is 2.27. The first kappa shape index (κ1) is 11.9. The zero-order valence-corrected chi connectivity index (χ0v) is 10.7. The van der Waals surface area contributed by atoms with Crippen LogP contribution in [0.2, 0.25) is 0 Å². The van der Waals surface area contributed by atoms with Gasteiger partial charge in [0, 0.05) is 11.4 Å². The number of thiophene rings is 1. The minimum Gasteiger partial charge on any atom is -0.298 e. The molecule has 2 amide bonds. The van der Waals surface area contributed by atoms with E-state index in [2.05, 4.69) is 5.32 Å². The van der Waals surface area contributed by atoms with Gasteiger partial charge in [0.2, 0.25) is 0 Å². The van der Waals surface area contributed by atoms with Crippen molar-refractivity contribution >= 4 is 46.6 Å². The predicted octanol–water partition coefficient (Wildman–Crippen LogP) is 1.39. The van der Waals surface area contributed by atoms with Gasteiger partial charge in [0.15, 0.2) is 5.11 Å². The van der Waals surface area contributed by atoms with Gasteiger partial charge in [0.25, 0.3) is 11.8 Å². The van der Waals surface area contributed by atoms with Crippen LogP contribution in [0.4, 0.5) is 0 Å². The fourth-order valence-electron chi connectivity index (χ4n) is 1.50. The van der Waals surface area contributed by atoms with Crippen molar-refractivity contribution in [3.8, 4) is 0 Å². The Morgan fingerprint density at radius 1 is 1.53 bits per heavy atom. The van der Waals surface area contributed by atoms with E-state index in [1.54, 1.807) is 6.08 Å². The number of hydrogen-bond acceptors (Lipinski definition) is 4. The molecule has 1 aromatic rings. The second-order valence-corrected chi connectivity index (χ2v) is 4.75. The smallest absolute Gasteiger partial charge is 0.265 e. The van der Waals surface area contributed by atoms with Crippen LogP contribution in [0.3, 0.4) is 0 Å². The van der Waals surface area contributed by atoms with Gasteiger partial charge in [-0.15, -0.1) is 11.3 Å². The minimum atomic E-state index is -0.432. The summed E-state index contributed by atoms with van der Waals surface area (Å²) in [5, 5.41) is 4.57. The Kier molecular flexibility index (Phi) is 3.35. The number of carbonyl (C=O) groups excluding carboxylic acids is 2. The van der Waals surface area contributed by atoms with Gasteiger partial charge in [-0.3, -0.25) is 19.8 Å². The third-order valence-corrected chi connectivity index (χ3v) is 3.47. The summed E-state index contributed by atoms with van der Waals surface area (Å²) in [6, 6.07) is 3.71. The van der Waals surface area contributed by atoms with E-state index in [1.807, 2.05) is 24.4 Å². The average molecular weight is 266 g/mol. The summed E-state index contributed by atoms with van der Waals surface area (Å²) >= 11 is 6.40. The lowest BCUT2D eigenvalue weighted by molar-refractivity contribution is -0.128. The van der Waals surface area contributed by atoms with E-state index >= 15 is 0 Å². The number of rotatable bonds is 2. The molecule has 1 aliphatic rings. The molecule has 1 N–H and O–H groups in total. The van der Waals surface area contributed by atoms with Crippen LogP contribution < -0.4 is 5.32 Å². The number of amides is 2. The first-order valence-corrected chi connectivity index (χ1v) is 6.34. The molecule has 0 unspecified atom stereocenters. The van der Waals surface area contributed by atoms with Crippen LogP contribution in [0.5, 0.6) is 0 Å². The zero-order valence-electron chi connectivity index (χ0n) is 9.10. The topological polar surface area (TPSA) is 49.4 Å². The number of hydrogen-bond donors (Lipinski definition) is 1. The molecule has 0 radical (unpaired) electrons. The first-order valence-electron chi connectivity index (χ1n) is 5.06. The van der Waals surface area contributed by atoms with Crippen molar-refractivity contribution in [3.05, 3.63) is 28.0 Å². The summed E-state index contributed by atoms with van der Waals surface area (Å²) in [4.78, 5) is 25.9. The summed E-state index contributed by atoms with van der Waals surface area (Å²) in [6.45, 7) is 2.25. The molecule has 2 heterocycles. The molecule has 0 saturated carbocycles. The van der Waals surface area contributed by atoms with E-state index in [-0.39, 0.29) is 16.6 Å². The molecule has 0 atom stereocenters. The SMILES string of the molecule is CCN1C(=O)/C(=C\c2cccs2)C(=O)NC1=S. The van der Waals surface area contributed by atoms with Crippen molar-refractivity contribution < 1.29 is 9.59 Å². The molecule has 17 heavy (non-hydrogen) atoms. The Morgan fingerprint density at radius 2 is 2.29 bits per heavy atom. The van der Waals surface area contributed by atoms with Crippen molar-refractivity contribution in [1.29, 1.82) is 0 Å². The van der Waals surface area contributed by atoms with Crippen LogP contribution in [-0.4, -0.2) is 28.4 Å². The molecule has 1 aliphatic heterocycles. The second-order valence-electron chi connectivity index (χ2n) is 3.38. The molecule has 0 spiro atoms. The fraction of sp³-hybridized carbons (Fsp3) is 0.182. The van der Waals surface area contributed by atoms with Gasteiger partial charge in [-0.25, -0.2) is 0 Å². The summed E-state index contributed by atoms with van der Waals surface area (Å²) < 4.78 is 0. The largest absolute Gasteiger partial charge is 0.298 e. The predicted molar refractivity (Wildman–Crippen MR) is 70.4 cm³/mol. The quantitative estimate of drug-likeness (QED) is 0.500. The van der Waals surface area contributed by atoms with Crippen LogP contribution in [0, 0.1) is 0 Å². The van der Waals surface area contributed by atoms with E-state index in [0.29, 0.717) is 6.54 Å². The highest BCUT2D eigenvalue weighted by atomic mass is 32.1. The van der Waals surface area contributed by atoms with Crippen LogP contribution in [-0.2, 0) is 9.59 Å². The maximum atomic E-state index is 12.0. The van der Waals surface area contributed by atoms with Gasteiger partial charge in [-0.05, 0) is 36.7 Å². The van der Waals surface area contributed by atoms with E-state index in [0.717, 1.165) is 4.88 Å². The maximum absolute atomic E-state index is 12.0. The average Bonchev–Trinajstić information content (AvgIpc) is 2.77. The molecule has 6 heteroatoms. The number of thiocarbonyl (C=S) groups is 1. The zero-order chi connectivity index (χ0) is 12.4. The van der Waals surface area contributed by atoms with Crippen molar-refractivity contribution in [3.63, 3.8) is 0 Å². The molecule has 1 fully saturated rings. The van der Waals surface area contributed by atoms with E-state index in [9.17, 15) is 9.59 Å². The van der Waals surface area contributed by atoms with E-state index in [1.165, 1.54) is 16.2 Å². The van der Waals surface area contributed by atoms with Crippen LogP contribution in [0.25, 0.3) is 6.08 Å². The molecule has 0 aliphatic carbocycles. The summed E-state index contributed by atoms with van der Waals surface area (Å²) in [6.07, 6.45) is 1.59. The van der Waals surface area contributed by atoms with Gasteiger partial charge >= 0.3 is 0 Å². The monoisotopic (exact) mass is 266 g/mol. The Balaban J connectivity index is 2.36. The Bertz CT molecular complexity index is 506. The molecule has 1 saturated heterocycles. The molecule has 0 aromatic carbocycles. The number of nitrogens with one attached hydrogen (secondary N) is 1. The standard InChI is InChI=1S/C11H10N2O2S2/c1-2-13-10(15)8(9(14)12-11(13)16)6-7-4-3-5-17-7/h3-6H,2H2,1H3,(H,12,14,16)/b8-6-. The molecule has 4 nitrogen and oxygen atoms in total. The number of nitrogens with zero attached hydrogens (tertiary/aromatic N) is 1. The normalized spacial score (nSPS) is 18.8. The van der Waals surface area contributed by atoms with Gasteiger partial charge in [0.1, 0.15) is 5.57 Å². The highest BCUT2D eigenvalue weighted by molar-refractivity contribution is 7.80. The van der Waals surface area contributed by atoms with Crippen LogP contribution >= 0.6 is 23.6 Å². The Hall–Kier alpha value is -1.53. The molecule has 1 aromatic heterocycles. The van der Waals surface area contributed by atoms with Gasteiger partial charge in [-0.2, -0.15) is 0 Å². The van der Waals surface area contributed by atoms with E-state index < -0.39 is 5.91 Å². The summed E-state index contributed by atoms with van der Waals surface area (Å²) in [5.41, 5.74) is 0.128. The second kappa shape index (κ2) is 4.77. The lowest BCUT2D eigenvalue weighted by atomic mass is 10.1. The fourth-order valence-corrected chi connectivity index (χ4v) is 2.46. The summed E-state index contributed by atoms with van der Waals surface area (Å²) in [7, 11) is 0. The van der Waals surface area contributed by atoms with Gasteiger partial charge < -0.3 is 0 Å². The minimum absolute atomic E-state index is 0.128. The highest BCUT2D eigenvalue weighted by Gasteiger charge is 2.32. The Labute approximate surface area is 108 Å². The first-order chi connectivity index (χ1) is 8.13. The third-order valence-electron chi connectivity index (χ3n) is 2.33. The van der Waals surface area contributed by atoms with Crippen molar-refractivity contribution in [1.82, 2.24) is 10.2 Å². The molecule has 2 rings (SSSR count). The Morgan fingerprint density at radius 3 is 2.88 bits per heavy atom. The molecule has 0 bridgehead atoms. The molecular weight excluding hydrogens is 256 g/mol.